The molecule has 0 aliphatic rings. The molecule has 7 heteroatoms. The lowest BCUT2D eigenvalue weighted by molar-refractivity contribution is -0.630. The molecule has 0 aromatic heterocycles. The molecule has 0 unspecified atom stereocenters. The SMILES string of the molecule is COC(=O)[N+](C(C)=O)(C(C)=O)C(=O)OC. The van der Waals surface area contributed by atoms with Crippen molar-refractivity contribution in [2.75, 3.05) is 14.2 Å². The fourth-order valence-corrected chi connectivity index (χ4v) is 1.08. The first kappa shape index (κ1) is 13.2. The maximum Gasteiger partial charge on any atom is 0.542 e. The van der Waals surface area contributed by atoms with Gasteiger partial charge in [-0.2, -0.15) is 9.59 Å². The van der Waals surface area contributed by atoms with Gasteiger partial charge in [-0.25, -0.2) is 9.59 Å². The Hall–Kier alpha value is -1.76. The van der Waals surface area contributed by atoms with E-state index in [2.05, 4.69) is 9.47 Å². The molecule has 0 aliphatic carbocycles. The van der Waals surface area contributed by atoms with Gasteiger partial charge in [0.25, 0.3) is 0 Å². The zero-order valence-electron chi connectivity index (χ0n) is 8.90. The fourth-order valence-electron chi connectivity index (χ4n) is 1.08. The highest BCUT2D eigenvalue weighted by molar-refractivity contribution is 6.04. The Morgan fingerprint density at radius 2 is 1.07 bits per heavy atom. The predicted molar refractivity (Wildman–Crippen MR) is 46.4 cm³/mol. The monoisotopic (exact) mass is 218 g/mol. The van der Waals surface area contributed by atoms with E-state index in [9.17, 15) is 19.2 Å². The van der Waals surface area contributed by atoms with Crippen LogP contribution in [-0.2, 0) is 19.1 Å². The molecular weight excluding hydrogens is 206 g/mol. The molecule has 0 rings (SSSR count). The lowest BCUT2D eigenvalue weighted by Crippen LogP contribution is -2.62. The molecule has 0 saturated carbocycles. The van der Waals surface area contributed by atoms with Crippen molar-refractivity contribution in [2.45, 2.75) is 13.8 Å². The molecule has 0 spiro atoms. The summed E-state index contributed by atoms with van der Waals surface area (Å²) in [4.78, 5) is 45.2. The molecule has 15 heavy (non-hydrogen) atoms. The normalized spacial score (nSPS) is 10.4. The molecule has 84 valence electrons. The van der Waals surface area contributed by atoms with Crippen LogP contribution in [-0.4, -0.2) is 42.7 Å². The minimum Gasteiger partial charge on any atom is -0.422 e. The van der Waals surface area contributed by atoms with E-state index in [-0.39, 0.29) is 0 Å². The minimum atomic E-state index is -1.73. The maximum atomic E-state index is 11.3. The number of quaternary nitrogens is 1. The lowest BCUT2D eigenvalue weighted by Gasteiger charge is -2.21. The molecule has 0 aliphatic heterocycles. The molecule has 7 nitrogen and oxygen atoms in total. The van der Waals surface area contributed by atoms with Gasteiger partial charge in [-0.05, 0) is 0 Å². The molecule has 0 fully saturated rings. The number of amides is 4. The number of nitrogens with zero attached hydrogens (tertiary/aromatic N) is 1. The summed E-state index contributed by atoms with van der Waals surface area (Å²) in [5, 5.41) is 0. The van der Waals surface area contributed by atoms with Gasteiger partial charge in [-0.1, -0.05) is 0 Å². The van der Waals surface area contributed by atoms with Crippen molar-refractivity contribution in [3.8, 4) is 0 Å². The van der Waals surface area contributed by atoms with Crippen molar-refractivity contribution in [1.82, 2.24) is 0 Å². The molecule has 0 atom stereocenters. The van der Waals surface area contributed by atoms with Gasteiger partial charge in [0.2, 0.25) is 0 Å². The second kappa shape index (κ2) is 4.65. The zero-order chi connectivity index (χ0) is 12.2. The van der Waals surface area contributed by atoms with Gasteiger partial charge in [0.1, 0.15) is 0 Å². The standard InChI is InChI=1S/C8H12NO6/c1-5(10)9(6(2)11,7(12)14-3)8(13)15-4/h1-4H3/q+1. The van der Waals surface area contributed by atoms with E-state index in [0.717, 1.165) is 28.1 Å². The van der Waals surface area contributed by atoms with Crippen molar-refractivity contribution in [1.29, 1.82) is 0 Å². The number of carbonyl (C=O) groups is 4. The van der Waals surface area contributed by atoms with Crippen LogP contribution in [0.3, 0.4) is 0 Å². The third-order valence-corrected chi connectivity index (χ3v) is 1.84. The first-order chi connectivity index (χ1) is 6.85. The Kier molecular flexibility index (Phi) is 4.10. The average molecular weight is 218 g/mol. The van der Waals surface area contributed by atoms with Gasteiger partial charge in [0, 0.05) is 4.48 Å². The van der Waals surface area contributed by atoms with Crippen molar-refractivity contribution in [3.63, 3.8) is 0 Å². The molecule has 0 N–H and O–H groups in total. The first-order valence-corrected chi connectivity index (χ1v) is 3.94. The van der Waals surface area contributed by atoms with Crippen LogP contribution in [0.15, 0.2) is 0 Å². The van der Waals surface area contributed by atoms with Crippen molar-refractivity contribution in [3.05, 3.63) is 0 Å². The van der Waals surface area contributed by atoms with E-state index in [1.807, 2.05) is 0 Å². The highest BCUT2D eigenvalue weighted by Crippen LogP contribution is 2.14. The fraction of sp³-hybridized carbons (Fsp3) is 0.500. The molecule has 4 amide bonds. The number of rotatable bonds is 0. The number of carbonyl (C=O) groups excluding carboxylic acids is 4. The molecule has 0 heterocycles. The number of hydrogen-bond acceptors (Lipinski definition) is 6. The first-order valence-electron chi connectivity index (χ1n) is 3.94. The van der Waals surface area contributed by atoms with E-state index < -0.39 is 28.5 Å². The van der Waals surface area contributed by atoms with Gasteiger partial charge in [0.05, 0.1) is 28.1 Å². The molecule has 0 saturated heterocycles. The highest BCUT2D eigenvalue weighted by Gasteiger charge is 2.58. The number of ether oxygens (including phenoxy) is 2. The van der Waals surface area contributed by atoms with Crippen LogP contribution >= 0.6 is 0 Å². The van der Waals surface area contributed by atoms with Crippen LogP contribution in [0.5, 0.6) is 0 Å². The smallest absolute Gasteiger partial charge is 0.422 e. The number of hydrogen-bond donors (Lipinski definition) is 0. The van der Waals surface area contributed by atoms with Crippen molar-refractivity contribution < 1.29 is 33.1 Å². The third-order valence-electron chi connectivity index (χ3n) is 1.84. The number of methoxy groups -OCH3 is 2. The Morgan fingerprint density at radius 3 is 1.20 bits per heavy atom. The van der Waals surface area contributed by atoms with E-state index in [0.29, 0.717) is 0 Å². The molecule has 0 bridgehead atoms. The van der Waals surface area contributed by atoms with Crippen LogP contribution in [0.4, 0.5) is 9.59 Å². The number of imide groups is 6. The van der Waals surface area contributed by atoms with E-state index in [1.165, 1.54) is 0 Å². The third kappa shape index (κ3) is 1.86. The summed E-state index contributed by atoms with van der Waals surface area (Å²) in [6, 6.07) is 0. The van der Waals surface area contributed by atoms with Gasteiger partial charge < -0.3 is 9.47 Å². The van der Waals surface area contributed by atoms with Crippen molar-refractivity contribution in [2.24, 2.45) is 0 Å². The summed E-state index contributed by atoms with van der Waals surface area (Å²) in [7, 11) is 1.92. The lowest BCUT2D eigenvalue weighted by atomic mass is 10.4. The summed E-state index contributed by atoms with van der Waals surface area (Å²) in [5.41, 5.74) is 0. The molecule has 0 aromatic carbocycles. The Labute approximate surface area is 86.1 Å². The van der Waals surface area contributed by atoms with E-state index >= 15 is 0 Å². The van der Waals surface area contributed by atoms with Crippen molar-refractivity contribution >= 4 is 24.0 Å². The summed E-state index contributed by atoms with van der Waals surface area (Å²) < 4.78 is 6.78. The maximum absolute atomic E-state index is 11.3. The minimum absolute atomic E-state index is 0.926. The Bertz CT molecular complexity index is 289. The Morgan fingerprint density at radius 1 is 0.800 bits per heavy atom. The summed E-state index contributed by atoms with van der Waals surface area (Å²) in [6.45, 7) is 1.85. The molecule has 0 radical (unpaired) electrons. The van der Waals surface area contributed by atoms with Crippen LogP contribution in [0.1, 0.15) is 13.8 Å². The van der Waals surface area contributed by atoms with E-state index in [4.69, 9.17) is 0 Å². The van der Waals surface area contributed by atoms with Gasteiger partial charge >= 0.3 is 24.0 Å². The highest BCUT2D eigenvalue weighted by atomic mass is 16.6. The Balaban J connectivity index is 5.70. The summed E-state index contributed by atoms with van der Waals surface area (Å²) in [6.07, 6.45) is -2.58. The average Bonchev–Trinajstić information content (AvgIpc) is 2.16. The topological polar surface area (TPSA) is 86.7 Å². The summed E-state index contributed by atoms with van der Waals surface area (Å²) >= 11 is 0. The second-order valence-corrected chi connectivity index (χ2v) is 2.65. The van der Waals surface area contributed by atoms with Crippen LogP contribution in [0.2, 0.25) is 0 Å². The zero-order valence-corrected chi connectivity index (χ0v) is 8.90. The van der Waals surface area contributed by atoms with Gasteiger partial charge in [0.15, 0.2) is 0 Å². The van der Waals surface area contributed by atoms with Crippen LogP contribution in [0.25, 0.3) is 0 Å². The molecule has 0 aromatic rings. The van der Waals surface area contributed by atoms with Gasteiger partial charge in [-0.15, -0.1) is 0 Å². The van der Waals surface area contributed by atoms with E-state index in [1.54, 1.807) is 0 Å². The predicted octanol–water partition coefficient (Wildman–Crippen LogP) is 0.429. The van der Waals surface area contributed by atoms with Gasteiger partial charge in [-0.3, -0.25) is 0 Å². The summed E-state index contributed by atoms with van der Waals surface area (Å²) in [5.74, 6) is -1.97. The second-order valence-electron chi connectivity index (χ2n) is 2.65. The van der Waals surface area contributed by atoms with Crippen LogP contribution < -0.4 is 0 Å². The quantitative estimate of drug-likeness (QED) is 0.548. The molecular formula is C8H12NO6+. The van der Waals surface area contributed by atoms with Crippen LogP contribution in [0, 0.1) is 0 Å². The largest absolute Gasteiger partial charge is 0.542 e.